The number of nitrogens with zero attached hydrogens (tertiary/aromatic N) is 3. The topological polar surface area (TPSA) is 44.8 Å². The van der Waals surface area contributed by atoms with E-state index in [4.69, 9.17) is 0 Å². The van der Waals surface area contributed by atoms with Gasteiger partial charge in [0, 0.05) is 49.0 Å². The normalized spacial score (nSPS) is 16.0. The first-order chi connectivity index (χ1) is 10.4. The summed E-state index contributed by atoms with van der Waals surface area (Å²) in [5.41, 5.74) is 2.51. The summed E-state index contributed by atoms with van der Waals surface area (Å²) >= 11 is 1.84. The van der Waals surface area contributed by atoms with E-state index in [-0.39, 0.29) is 0 Å². The quantitative estimate of drug-likeness (QED) is 0.804. The third kappa shape index (κ3) is 2.62. The van der Waals surface area contributed by atoms with E-state index in [1.54, 1.807) is 6.20 Å². The van der Waals surface area contributed by atoms with Gasteiger partial charge < -0.3 is 0 Å². The molecule has 106 valence electrons. The third-order valence-electron chi connectivity index (χ3n) is 3.94. The molecule has 3 aromatic heterocycles. The Morgan fingerprint density at radius 3 is 2.71 bits per heavy atom. The lowest BCUT2D eigenvalue weighted by atomic mass is 9.92. The maximum absolute atomic E-state index is 4.08. The molecule has 0 bridgehead atoms. The summed E-state index contributed by atoms with van der Waals surface area (Å²) < 4.78 is 0. The minimum absolute atomic E-state index is 0.667. The van der Waals surface area contributed by atoms with Crippen LogP contribution >= 0.6 is 11.3 Å². The predicted molar refractivity (Wildman–Crippen MR) is 84.2 cm³/mol. The summed E-state index contributed by atoms with van der Waals surface area (Å²) in [6, 6.07) is 10.7. The van der Waals surface area contributed by atoms with Crippen molar-refractivity contribution in [2.24, 2.45) is 0 Å². The number of likely N-dealkylation sites (tertiary alicyclic amines) is 1. The van der Waals surface area contributed by atoms with E-state index in [1.807, 2.05) is 29.8 Å². The summed E-state index contributed by atoms with van der Waals surface area (Å²) in [5.74, 6) is 0.667. The van der Waals surface area contributed by atoms with Crippen molar-refractivity contribution >= 4 is 11.3 Å². The predicted octanol–water partition coefficient (Wildman–Crippen LogP) is 3.13. The zero-order chi connectivity index (χ0) is 14.1. The van der Waals surface area contributed by atoms with Crippen molar-refractivity contribution in [3.05, 3.63) is 59.4 Å². The molecule has 21 heavy (non-hydrogen) atoms. The van der Waals surface area contributed by atoms with E-state index in [9.17, 15) is 0 Å². The Bertz CT molecular complexity index is 699. The van der Waals surface area contributed by atoms with Gasteiger partial charge in [0.2, 0.25) is 0 Å². The van der Waals surface area contributed by atoms with Crippen LogP contribution in [0.3, 0.4) is 0 Å². The molecule has 4 rings (SSSR count). The van der Waals surface area contributed by atoms with Gasteiger partial charge in [-0.3, -0.25) is 15.0 Å². The van der Waals surface area contributed by atoms with Crippen LogP contribution in [0, 0.1) is 0 Å². The monoisotopic (exact) mass is 296 g/mol. The molecule has 4 heterocycles. The Morgan fingerprint density at radius 2 is 1.95 bits per heavy atom. The Labute approximate surface area is 127 Å². The van der Waals surface area contributed by atoms with Crippen molar-refractivity contribution in [3.63, 3.8) is 0 Å². The molecule has 1 aliphatic rings. The largest absolute Gasteiger partial charge is 0.297 e. The molecule has 5 heteroatoms. The fourth-order valence-electron chi connectivity index (χ4n) is 2.77. The van der Waals surface area contributed by atoms with Crippen LogP contribution in [-0.4, -0.2) is 33.2 Å². The average molecular weight is 296 g/mol. The van der Waals surface area contributed by atoms with Crippen molar-refractivity contribution in [3.8, 4) is 10.6 Å². The molecular formula is C16H16N4S. The zero-order valence-corrected chi connectivity index (χ0v) is 12.4. The maximum atomic E-state index is 4.08. The number of nitrogens with one attached hydrogen (secondary N) is 1. The number of hydrogen-bond donors (Lipinski definition) is 1. The van der Waals surface area contributed by atoms with Crippen LogP contribution in [0.15, 0.2) is 48.9 Å². The average Bonchev–Trinajstić information content (AvgIpc) is 3.14. The number of H-pyrrole nitrogens is 1. The molecule has 0 amide bonds. The van der Waals surface area contributed by atoms with E-state index in [2.05, 4.69) is 44.3 Å². The van der Waals surface area contributed by atoms with E-state index < -0.39 is 0 Å². The molecule has 1 saturated heterocycles. The van der Waals surface area contributed by atoms with Gasteiger partial charge in [-0.1, -0.05) is 0 Å². The lowest BCUT2D eigenvalue weighted by Gasteiger charge is -2.39. The fraction of sp³-hybridized carbons (Fsp3) is 0.250. The van der Waals surface area contributed by atoms with Crippen LogP contribution in [0.1, 0.15) is 16.4 Å². The van der Waals surface area contributed by atoms with Gasteiger partial charge in [0.05, 0.1) is 10.6 Å². The number of rotatable bonds is 4. The second-order valence-electron chi connectivity index (χ2n) is 5.41. The molecule has 0 spiro atoms. The molecule has 0 atom stereocenters. The van der Waals surface area contributed by atoms with Gasteiger partial charge in [-0.25, -0.2) is 0 Å². The molecule has 1 fully saturated rings. The van der Waals surface area contributed by atoms with Gasteiger partial charge in [0.15, 0.2) is 0 Å². The Morgan fingerprint density at radius 1 is 1.10 bits per heavy atom. The van der Waals surface area contributed by atoms with Crippen LogP contribution in [0.25, 0.3) is 10.6 Å². The Hall–Kier alpha value is -1.98. The summed E-state index contributed by atoms with van der Waals surface area (Å²) in [6.45, 7) is 3.32. The van der Waals surface area contributed by atoms with E-state index in [1.165, 1.54) is 15.3 Å². The Kier molecular flexibility index (Phi) is 3.29. The summed E-state index contributed by atoms with van der Waals surface area (Å²) in [7, 11) is 0. The van der Waals surface area contributed by atoms with Crippen molar-refractivity contribution in [1.29, 1.82) is 0 Å². The first-order valence-corrected chi connectivity index (χ1v) is 7.91. The highest BCUT2D eigenvalue weighted by Crippen LogP contribution is 2.31. The van der Waals surface area contributed by atoms with Gasteiger partial charge in [-0.15, -0.1) is 11.3 Å². The van der Waals surface area contributed by atoms with Gasteiger partial charge in [-0.05, 0) is 35.9 Å². The molecule has 0 radical (unpaired) electrons. The van der Waals surface area contributed by atoms with Crippen LogP contribution < -0.4 is 0 Å². The number of aromatic amines is 1. The molecule has 4 nitrogen and oxygen atoms in total. The highest BCUT2D eigenvalue weighted by atomic mass is 32.1. The van der Waals surface area contributed by atoms with E-state index >= 15 is 0 Å². The van der Waals surface area contributed by atoms with Crippen LogP contribution in [0.2, 0.25) is 0 Å². The zero-order valence-electron chi connectivity index (χ0n) is 11.6. The lowest BCUT2D eigenvalue weighted by Crippen LogP contribution is -2.43. The van der Waals surface area contributed by atoms with Gasteiger partial charge >= 0.3 is 0 Å². The number of hydrogen-bond acceptors (Lipinski definition) is 4. The molecule has 0 aromatic carbocycles. The molecule has 0 unspecified atom stereocenters. The molecule has 1 aliphatic heterocycles. The second-order valence-corrected chi connectivity index (χ2v) is 6.58. The van der Waals surface area contributed by atoms with Crippen molar-refractivity contribution in [2.45, 2.75) is 12.5 Å². The van der Waals surface area contributed by atoms with Gasteiger partial charge in [0.1, 0.15) is 0 Å². The Balaban J connectivity index is 1.36. The maximum Gasteiger partial charge on any atom is 0.0749 e. The smallest absolute Gasteiger partial charge is 0.0749 e. The molecule has 3 aromatic rings. The molecule has 0 saturated carbocycles. The minimum atomic E-state index is 0.667. The standard InChI is InChI=1S/C16H16N4S/c1-2-16(15-5-8-18-19-15)21-14(1)11-20-9-13(10-20)12-3-6-17-7-4-12/h1-8,13H,9-11H2,(H,18,19). The van der Waals surface area contributed by atoms with E-state index in [0.29, 0.717) is 5.92 Å². The van der Waals surface area contributed by atoms with Crippen molar-refractivity contribution in [1.82, 2.24) is 20.1 Å². The van der Waals surface area contributed by atoms with E-state index in [0.717, 1.165) is 25.3 Å². The first kappa shape index (κ1) is 12.7. The summed E-state index contributed by atoms with van der Waals surface area (Å²) in [6.07, 6.45) is 5.56. The number of pyridine rings is 1. The third-order valence-corrected chi connectivity index (χ3v) is 5.05. The second kappa shape index (κ2) is 5.42. The minimum Gasteiger partial charge on any atom is -0.297 e. The number of thiophene rings is 1. The summed E-state index contributed by atoms with van der Waals surface area (Å²) in [4.78, 5) is 9.24. The summed E-state index contributed by atoms with van der Waals surface area (Å²) in [5, 5.41) is 7.02. The molecule has 0 aliphatic carbocycles. The highest BCUT2D eigenvalue weighted by Gasteiger charge is 2.28. The van der Waals surface area contributed by atoms with Crippen molar-refractivity contribution < 1.29 is 0 Å². The van der Waals surface area contributed by atoms with Gasteiger partial charge in [0.25, 0.3) is 0 Å². The highest BCUT2D eigenvalue weighted by molar-refractivity contribution is 7.15. The molecule has 1 N–H and O–H groups in total. The van der Waals surface area contributed by atoms with Crippen LogP contribution in [-0.2, 0) is 6.54 Å². The fourth-order valence-corrected chi connectivity index (χ4v) is 3.79. The first-order valence-electron chi connectivity index (χ1n) is 7.09. The van der Waals surface area contributed by atoms with Crippen LogP contribution in [0.5, 0.6) is 0 Å². The SMILES string of the molecule is c1cc(C2CN(Cc3ccc(-c4ccn[nH]4)s3)C2)ccn1. The number of aromatic nitrogens is 3. The molecular weight excluding hydrogens is 280 g/mol. The van der Waals surface area contributed by atoms with Gasteiger partial charge in [-0.2, -0.15) is 5.10 Å². The van der Waals surface area contributed by atoms with Crippen molar-refractivity contribution in [2.75, 3.05) is 13.1 Å². The van der Waals surface area contributed by atoms with Crippen LogP contribution in [0.4, 0.5) is 0 Å². The lowest BCUT2D eigenvalue weighted by molar-refractivity contribution is 0.141.